The number of halogens is 3. The summed E-state index contributed by atoms with van der Waals surface area (Å²) in [6.45, 7) is 2.04. The molecule has 0 aromatic heterocycles. The molecule has 0 saturated carbocycles. The first-order valence-electron chi connectivity index (χ1n) is 5.95. The Morgan fingerprint density at radius 3 is 2.40 bits per heavy atom. The van der Waals surface area contributed by atoms with Gasteiger partial charge >= 0.3 is 11.9 Å². The molecule has 0 radical (unpaired) electrons. The van der Waals surface area contributed by atoms with Crippen molar-refractivity contribution < 1.29 is 19.1 Å². The highest BCUT2D eigenvalue weighted by Gasteiger charge is 2.13. The van der Waals surface area contributed by atoms with Gasteiger partial charge < -0.3 is 9.47 Å². The summed E-state index contributed by atoms with van der Waals surface area (Å²) in [4.78, 5) is 22.7. The van der Waals surface area contributed by atoms with Crippen molar-refractivity contribution in [2.75, 3.05) is 6.61 Å². The molecule has 110 valence electrons. The number of hydrogen-bond acceptors (Lipinski definition) is 4. The molecule has 0 aliphatic carbocycles. The maximum atomic E-state index is 11.6. The van der Waals surface area contributed by atoms with E-state index in [0.717, 1.165) is 0 Å². The number of carbonyl (C=O) groups is 2. The third-order valence-corrected chi connectivity index (χ3v) is 3.25. The van der Waals surface area contributed by atoms with Gasteiger partial charge in [-0.1, -0.05) is 34.8 Å². The van der Waals surface area contributed by atoms with Gasteiger partial charge in [-0.05, 0) is 19.4 Å². The fourth-order valence-electron chi connectivity index (χ4n) is 1.39. The summed E-state index contributed by atoms with van der Waals surface area (Å²) in [5.74, 6) is -0.760. The zero-order valence-electron chi connectivity index (χ0n) is 10.8. The van der Waals surface area contributed by atoms with E-state index >= 15 is 0 Å². The molecular weight excluding hydrogens is 326 g/mol. The van der Waals surface area contributed by atoms with Crippen LogP contribution in [-0.4, -0.2) is 18.5 Å². The minimum Gasteiger partial charge on any atom is -0.466 e. The first-order chi connectivity index (χ1) is 9.43. The second-order valence-corrected chi connectivity index (χ2v) is 5.05. The number of rotatable bonds is 6. The van der Waals surface area contributed by atoms with Gasteiger partial charge in [0.2, 0.25) is 0 Å². The molecule has 1 rings (SSSR count). The minimum absolute atomic E-state index is 0.0687. The monoisotopic (exact) mass is 338 g/mol. The molecule has 0 amide bonds. The van der Waals surface area contributed by atoms with Crippen LogP contribution in [-0.2, 0) is 14.3 Å². The van der Waals surface area contributed by atoms with E-state index in [2.05, 4.69) is 0 Å². The van der Waals surface area contributed by atoms with Crippen LogP contribution in [0.15, 0.2) is 12.1 Å². The number of benzene rings is 1. The highest BCUT2D eigenvalue weighted by molar-refractivity contribution is 6.44. The molecule has 7 heteroatoms. The predicted molar refractivity (Wildman–Crippen MR) is 77.6 cm³/mol. The van der Waals surface area contributed by atoms with E-state index in [1.54, 1.807) is 6.92 Å². The van der Waals surface area contributed by atoms with Crippen LogP contribution in [0.5, 0.6) is 5.75 Å². The highest BCUT2D eigenvalue weighted by atomic mass is 35.5. The summed E-state index contributed by atoms with van der Waals surface area (Å²) in [5.41, 5.74) is 0. The average Bonchev–Trinajstić information content (AvgIpc) is 2.35. The Morgan fingerprint density at radius 2 is 1.75 bits per heavy atom. The number of carbonyl (C=O) groups excluding carboxylic acids is 2. The summed E-state index contributed by atoms with van der Waals surface area (Å²) < 4.78 is 9.80. The zero-order valence-corrected chi connectivity index (χ0v) is 13.0. The van der Waals surface area contributed by atoms with Crippen molar-refractivity contribution in [3.8, 4) is 5.75 Å². The van der Waals surface area contributed by atoms with E-state index in [4.69, 9.17) is 44.3 Å². The van der Waals surface area contributed by atoms with E-state index in [1.807, 2.05) is 0 Å². The standard InChI is InChI=1S/C13H13Cl3O4/c1-2-19-11(17)4-3-5-12(18)20-10-7-8(14)6-9(15)13(10)16/h6-7H,2-5H2,1H3. The smallest absolute Gasteiger partial charge is 0.311 e. The van der Waals surface area contributed by atoms with Gasteiger partial charge in [0, 0.05) is 23.9 Å². The van der Waals surface area contributed by atoms with Gasteiger partial charge in [0.05, 0.1) is 11.6 Å². The molecular formula is C13H13Cl3O4. The van der Waals surface area contributed by atoms with Crippen LogP contribution in [0.3, 0.4) is 0 Å². The third-order valence-electron chi connectivity index (χ3n) is 2.25. The molecule has 0 fully saturated rings. The van der Waals surface area contributed by atoms with Crippen LogP contribution < -0.4 is 4.74 Å². The van der Waals surface area contributed by atoms with E-state index in [9.17, 15) is 9.59 Å². The average molecular weight is 340 g/mol. The van der Waals surface area contributed by atoms with E-state index in [0.29, 0.717) is 18.1 Å². The molecule has 0 aliphatic heterocycles. The largest absolute Gasteiger partial charge is 0.466 e. The number of esters is 2. The topological polar surface area (TPSA) is 52.6 Å². The van der Waals surface area contributed by atoms with Crippen LogP contribution in [0.4, 0.5) is 0 Å². The zero-order chi connectivity index (χ0) is 15.1. The van der Waals surface area contributed by atoms with Gasteiger partial charge in [0.15, 0.2) is 5.75 Å². The maximum Gasteiger partial charge on any atom is 0.311 e. The van der Waals surface area contributed by atoms with Crippen LogP contribution in [0.25, 0.3) is 0 Å². The van der Waals surface area contributed by atoms with Gasteiger partial charge in [-0.2, -0.15) is 0 Å². The second-order valence-electron chi connectivity index (χ2n) is 3.83. The third kappa shape index (κ3) is 5.57. The normalized spacial score (nSPS) is 10.2. The highest BCUT2D eigenvalue weighted by Crippen LogP contribution is 2.35. The number of hydrogen-bond donors (Lipinski definition) is 0. The molecule has 4 nitrogen and oxygen atoms in total. The Bertz CT molecular complexity index is 503. The van der Waals surface area contributed by atoms with Crippen molar-refractivity contribution in [3.05, 3.63) is 27.2 Å². The molecule has 0 unspecified atom stereocenters. The fourth-order valence-corrected chi connectivity index (χ4v) is 2.01. The lowest BCUT2D eigenvalue weighted by Crippen LogP contribution is -2.10. The molecule has 1 aromatic carbocycles. The van der Waals surface area contributed by atoms with Crippen molar-refractivity contribution in [3.63, 3.8) is 0 Å². The second kappa shape index (κ2) is 8.35. The van der Waals surface area contributed by atoms with Crippen molar-refractivity contribution >= 4 is 46.7 Å². The fraction of sp³-hybridized carbons (Fsp3) is 0.385. The van der Waals surface area contributed by atoms with Gasteiger partial charge in [0.1, 0.15) is 5.02 Å². The molecule has 0 spiro atoms. The summed E-state index contributed by atoms with van der Waals surface area (Å²) >= 11 is 17.5. The SMILES string of the molecule is CCOC(=O)CCCC(=O)Oc1cc(Cl)cc(Cl)c1Cl. The predicted octanol–water partition coefficient (Wildman–Crippen LogP) is 4.29. The lowest BCUT2D eigenvalue weighted by atomic mass is 10.2. The molecule has 0 heterocycles. The molecule has 0 saturated heterocycles. The van der Waals surface area contributed by atoms with Crippen molar-refractivity contribution in [1.29, 1.82) is 0 Å². The Kier molecular flexibility index (Phi) is 7.13. The molecule has 0 aliphatic rings. The van der Waals surface area contributed by atoms with Gasteiger partial charge in [-0.25, -0.2) is 0 Å². The van der Waals surface area contributed by atoms with E-state index in [-0.39, 0.29) is 34.6 Å². The first-order valence-corrected chi connectivity index (χ1v) is 7.08. The Morgan fingerprint density at radius 1 is 1.10 bits per heavy atom. The van der Waals surface area contributed by atoms with Crippen LogP contribution in [0.1, 0.15) is 26.2 Å². The Hall–Kier alpha value is -0.970. The Labute approximate surface area is 131 Å². The lowest BCUT2D eigenvalue weighted by molar-refractivity contribution is -0.143. The lowest BCUT2D eigenvalue weighted by Gasteiger charge is -2.08. The first kappa shape index (κ1) is 17.1. The summed E-state index contributed by atoms with van der Waals surface area (Å²) in [6, 6.07) is 2.85. The molecule has 1 aromatic rings. The number of ether oxygens (including phenoxy) is 2. The molecule has 20 heavy (non-hydrogen) atoms. The molecule has 0 N–H and O–H groups in total. The summed E-state index contributed by atoms with van der Waals surface area (Å²) in [7, 11) is 0. The van der Waals surface area contributed by atoms with Gasteiger partial charge in [-0.15, -0.1) is 0 Å². The van der Waals surface area contributed by atoms with Crippen LogP contribution in [0.2, 0.25) is 15.1 Å². The van der Waals surface area contributed by atoms with Crippen LogP contribution >= 0.6 is 34.8 Å². The van der Waals surface area contributed by atoms with E-state index in [1.165, 1.54) is 12.1 Å². The van der Waals surface area contributed by atoms with E-state index < -0.39 is 5.97 Å². The maximum absolute atomic E-state index is 11.6. The van der Waals surface area contributed by atoms with Crippen molar-refractivity contribution in [1.82, 2.24) is 0 Å². The van der Waals surface area contributed by atoms with Gasteiger partial charge in [-0.3, -0.25) is 9.59 Å². The van der Waals surface area contributed by atoms with Crippen molar-refractivity contribution in [2.24, 2.45) is 0 Å². The quantitative estimate of drug-likeness (QED) is 0.441. The summed E-state index contributed by atoms with van der Waals surface area (Å²) in [5, 5.41) is 0.636. The Balaban J connectivity index is 2.49. The van der Waals surface area contributed by atoms with Gasteiger partial charge in [0.25, 0.3) is 0 Å². The summed E-state index contributed by atoms with van der Waals surface area (Å²) in [6.07, 6.45) is 0.565. The minimum atomic E-state index is -0.519. The van der Waals surface area contributed by atoms with Crippen molar-refractivity contribution in [2.45, 2.75) is 26.2 Å². The van der Waals surface area contributed by atoms with Crippen LogP contribution in [0, 0.1) is 0 Å². The molecule has 0 bridgehead atoms. The molecule has 0 atom stereocenters.